The molecule has 1 aliphatic heterocycles. The van der Waals surface area contributed by atoms with Crippen molar-refractivity contribution in [1.82, 2.24) is 10.2 Å². The number of morpholine rings is 1. The number of amides is 1. The largest absolute Gasteiger partial charge is 0.378 e. The van der Waals surface area contributed by atoms with E-state index in [2.05, 4.69) is 33.1 Å². The molecule has 1 N–H and O–H groups in total. The molecule has 4 saturated carbocycles. The molecule has 34 heavy (non-hydrogen) atoms. The van der Waals surface area contributed by atoms with Crippen molar-refractivity contribution in [2.24, 2.45) is 46.3 Å². The van der Waals surface area contributed by atoms with E-state index in [1.807, 2.05) is 4.90 Å². The Bertz CT molecular complexity index is 779. The molecule has 192 valence electrons. The van der Waals surface area contributed by atoms with Crippen LogP contribution in [0, 0.1) is 46.3 Å². The summed E-state index contributed by atoms with van der Waals surface area (Å²) in [6.45, 7) is 9.98. The summed E-state index contributed by atoms with van der Waals surface area (Å²) >= 11 is 0. The molecule has 0 bridgehead atoms. The summed E-state index contributed by atoms with van der Waals surface area (Å²) in [5, 5.41) is 3.54. The molecular formula is C29H48N2O3. The van der Waals surface area contributed by atoms with Crippen molar-refractivity contribution in [1.29, 1.82) is 0 Å². The number of ether oxygens (including phenoxy) is 1. The minimum atomic E-state index is -0.173. The van der Waals surface area contributed by atoms with Gasteiger partial charge in [-0.25, -0.2) is 0 Å². The van der Waals surface area contributed by atoms with Crippen molar-refractivity contribution in [2.75, 3.05) is 33.4 Å². The van der Waals surface area contributed by atoms with Crippen LogP contribution in [-0.4, -0.2) is 56.0 Å². The van der Waals surface area contributed by atoms with Crippen LogP contribution in [0.3, 0.4) is 0 Å². The van der Waals surface area contributed by atoms with E-state index in [0.29, 0.717) is 60.5 Å². The third kappa shape index (κ3) is 3.97. The number of carbonyl (C=O) groups is 2. The molecule has 5 fully saturated rings. The molecule has 0 aromatic rings. The maximum absolute atomic E-state index is 14.0. The number of hydrogen-bond acceptors (Lipinski definition) is 4. The number of rotatable bonds is 5. The second-order valence-electron chi connectivity index (χ2n) is 13.0. The molecule has 4 aliphatic carbocycles. The van der Waals surface area contributed by atoms with Crippen molar-refractivity contribution in [3.05, 3.63) is 0 Å². The standard InChI is InChI=1S/C29H48N2O3/c1-19(5-10-27(33)31-13-15-34-16-14-31)23-8-9-24-22-7-6-20-17-21(30-4)11-12-28(20,2)25(22)18-26(32)29(23,24)3/h19-25,30H,5-18H2,1-4H3/t19-,20-,21+,22+,23-,24+,25+,28+,29-/m1/s1. The van der Waals surface area contributed by atoms with E-state index in [0.717, 1.165) is 37.8 Å². The lowest BCUT2D eigenvalue weighted by molar-refractivity contribution is -0.158. The smallest absolute Gasteiger partial charge is 0.222 e. The number of Topliss-reactive ketones (excluding diaryl/α,β-unsaturated/α-hetero) is 1. The second-order valence-corrected chi connectivity index (χ2v) is 13.0. The van der Waals surface area contributed by atoms with Crippen LogP contribution in [0.15, 0.2) is 0 Å². The Morgan fingerprint density at radius 1 is 1.12 bits per heavy atom. The zero-order chi connectivity index (χ0) is 24.1. The van der Waals surface area contributed by atoms with Crippen LogP contribution in [-0.2, 0) is 14.3 Å². The molecule has 0 aromatic heterocycles. The van der Waals surface area contributed by atoms with E-state index in [1.165, 1.54) is 44.9 Å². The Morgan fingerprint density at radius 2 is 1.88 bits per heavy atom. The number of nitrogens with zero attached hydrogens (tertiary/aromatic N) is 1. The Balaban J connectivity index is 1.27. The lowest BCUT2D eigenvalue weighted by Gasteiger charge is -2.60. The quantitative estimate of drug-likeness (QED) is 0.631. The molecule has 0 unspecified atom stereocenters. The fourth-order valence-corrected chi connectivity index (χ4v) is 9.69. The molecule has 0 aromatic carbocycles. The van der Waals surface area contributed by atoms with Crippen molar-refractivity contribution in [3.8, 4) is 0 Å². The number of fused-ring (bicyclic) bond motifs is 5. The Hall–Kier alpha value is -0.940. The van der Waals surface area contributed by atoms with E-state index in [9.17, 15) is 9.59 Å². The van der Waals surface area contributed by atoms with Crippen molar-refractivity contribution < 1.29 is 14.3 Å². The molecule has 5 heteroatoms. The fraction of sp³-hybridized carbons (Fsp3) is 0.931. The summed E-state index contributed by atoms with van der Waals surface area (Å²) in [4.78, 5) is 28.7. The van der Waals surface area contributed by atoms with E-state index in [1.54, 1.807) is 0 Å². The number of nitrogens with one attached hydrogen (secondary N) is 1. The third-order valence-electron chi connectivity index (χ3n) is 11.9. The summed E-state index contributed by atoms with van der Waals surface area (Å²) in [6.07, 6.45) is 11.2. The first kappa shape index (κ1) is 24.7. The van der Waals surface area contributed by atoms with Gasteiger partial charge in [0.05, 0.1) is 13.2 Å². The number of ketones is 1. The second kappa shape index (κ2) is 9.50. The van der Waals surface area contributed by atoms with Gasteiger partial charge in [-0.15, -0.1) is 0 Å². The van der Waals surface area contributed by atoms with E-state index in [4.69, 9.17) is 4.74 Å². The molecule has 1 heterocycles. The van der Waals surface area contributed by atoms with Crippen LogP contribution in [0.2, 0.25) is 0 Å². The molecule has 5 aliphatic rings. The average Bonchev–Trinajstić information content (AvgIpc) is 3.22. The van der Waals surface area contributed by atoms with Gasteiger partial charge in [0.15, 0.2) is 0 Å². The number of carbonyl (C=O) groups excluding carboxylic acids is 2. The maximum Gasteiger partial charge on any atom is 0.222 e. The van der Waals surface area contributed by atoms with Gasteiger partial charge in [-0.2, -0.15) is 0 Å². The molecule has 9 atom stereocenters. The van der Waals surface area contributed by atoms with Crippen LogP contribution >= 0.6 is 0 Å². The van der Waals surface area contributed by atoms with Crippen LogP contribution in [0.4, 0.5) is 0 Å². The first-order valence-electron chi connectivity index (χ1n) is 14.3. The molecule has 0 radical (unpaired) electrons. The monoisotopic (exact) mass is 472 g/mol. The van der Waals surface area contributed by atoms with Gasteiger partial charge in [0, 0.05) is 37.4 Å². The third-order valence-corrected chi connectivity index (χ3v) is 11.9. The summed E-state index contributed by atoms with van der Waals surface area (Å²) < 4.78 is 5.40. The lowest BCUT2D eigenvalue weighted by Crippen LogP contribution is -2.58. The van der Waals surface area contributed by atoms with Gasteiger partial charge in [0.25, 0.3) is 0 Å². The van der Waals surface area contributed by atoms with Crippen LogP contribution in [0.1, 0.15) is 85.0 Å². The highest BCUT2D eigenvalue weighted by Gasteiger charge is 2.63. The summed E-state index contributed by atoms with van der Waals surface area (Å²) in [5.41, 5.74) is 0.176. The van der Waals surface area contributed by atoms with Crippen LogP contribution in [0.25, 0.3) is 0 Å². The lowest BCUT2D eigenvalue weighted by atomic mass is 9.44. The number of hydrogen-bond donors (Lipinski definition) is 1. The van der Waals surface area contributed by atoms with E-state index >= 15 is 0 Å². The van der Waals surface area contributed by atoms with Gasteiger partial charge in [0.1, 0.15) is 5.78 Å². The maximum atomic E-state index is 14.0. The summed E-state index contributed by atoms with van der Waals surface area (Å²) in [7, 11) is 2.11. The molecule has 5 nitrogen and oxygen atoms in total. The van der Waals surface area contributed by atoms with Gasteiger partial charge >= 0.3 is 0 Å². The topological polar surface area (TPSA) is 58.6 Å². The van der Waals surface area contributed by atoms with Crippen molar-refractivity contribution in [3.63, 3.8) is 0 Å². The SMILES string of the molecule is CN[C@H]1CC[C@@]2(C)[C@H](CC[C@@H]3[C@@H]2CC(=O)[C@]2(C)[C@@H]([C@H](C)CCC(=O)N4CCOCC4)CC[C@@H]32)C1. The highest BCUT2D eigenvalue weighted by Crippen LogP contribution is 2.67. The van der Waals surface area contributed by atoms with Crippen molar-refractivity contribution in [2.45, 2.75) is 91.0 Å². The van der Waals surface area contributed by atoms with Crippen LogP contribution < -0.4 is 5.32 Å². The fourth-order valence-electron chi connectivity index (χ4n) is 9.69. The van der Waals surface area contributed by atoms with E-state index < -0.39 is 0 Å². The van der Waals surface area contributed by atoms with Gasteiger partial charge in [-0.1, -0.05) is 20.8 Å². The molecule has 5 rings (SSSR count). The zero-order valence-corrected chi connectivity index (χ0v) is 22.1. The zero-order valence-electron chi connectivity index (χ0n) is 22.1. The Labute approximate surface area is 207 Å². The predicted molar refractivity (Wildman–Crippen MR) is 134 cm³/mol. The van der Waals surface area contributed by atoms with E-state index in [-0.39, 0.29) is 11.3 Å². The highest BCUT2D eigenvalue weighted by atomic mass is 16.5. The predicted octanol–water partition coefficient (Wildman–Crippen LogP) is 4.69. The van der Waals surface area contributed by atoms with Gasteiger partial charge < -0.3 is 15.0 Å². The highest BCUT2D eigenvalue weighted by molar-refractivity contribution is 5.87. The minimum absolute atomic E-state index is 0.173. The molecule has 0 spiro atoms. The molecule has 1 amide bonds. The van der Waals surface area contributed by atoms with Gasteiger partial charge in [-0.3, -0.25) is 9.59 Å². The van der Waals surface area contributed by atoms with Crippen LogP contribution in [0.5, 0.6) is 0 Å². The normalized spacial score (nSPS) is 45.3. The Kier molecular flexibility index (Phi) is 6.91. The Morgan fingerprint density at radius 3 is 2.62 bits per heavy atom. The van der Waals surface area contributed by atoms with Gasteiger partial charge in [0.2, 0.25) is 5.91 Å². The molecule has 1 saturated heterocycles. The first-order valence-corrected chi connectivity index (χ1v) is 14.3. The molecular weight excluding hydrogens is 424 g/mol. The average molecular weight is 473 g/mol. The minimum Gasteiger partial charge on any atom is -0.378 e. The summed E-state index contributed by atoms with van der Waals surface area (Å²) in [5.74, 6) is 4.35. The first-order chi connectivity index (χ1) is 16.3. The van der Waals surface area contributed by atoms with Gasteiger partial charge in [-0.05, 0) is 99.3 Å². The van der Waals surface area contributed by atoms with Crippen molar-refractivity contribution >= 4 is 11.7 Å². The summed E-state index contributed by atoms with van der Waals surface area (Å²) in [6, 6.07) is 0.663.